The molecule has 1 heterocycles. The van der Waals surface area contributed by atoms with Gasteiger partial charge in [-0.25, -0.2) is 0 Å². The summed E-state index contributed by atoms with van der Waals surface area (Å²) in [6.07, 6.45) is 1.28. The third-order valence-electron chi connectivity index (χ3n) is 2.92. The topological polar surface area (TPSA) is 26.3 Å². The van der Waals surface area contributed by atoms with Gasteiger partial charge in [0.1, 0.15) is 6.10 Å². The Labute approximate surface area is 90.3 Å². The van der Waals surface area contributed by atoms with Gasteiger partial charge in [0.15, 0.2) is 0 Å². The molecule has 0 aromatic carbocycles. The lowest BCUT2D eigenvalue weighted by molar-refractivity contribution is -0.147. The Balaban J connectivity index is 2.84. The molecule has 0 bridgehead atoms. The number of rotatable bonds is 2. The SMILES string of the molecule is CCC1(C)CC(C(Cl)=C(C)C)OC1=O. The van der Waals surface area contributed by atoms with Crippen molar-refractivity contribution in [3.63, 3.8) is 0 Å². The molecule has 1 saturated heterocycles. The predicted molar refractivity (Wildman–Crippen MR) is 57.1 cm³/mol. The normalized spacial score (nSPS) is 31.5. The zero-order valence-corrected chi connectivity index (χ0v) is 9.94. The summed E-state index contributed by atoms with van der Waals surface area (Å²) < 4.78 is 5.26. The van der Waals surface area contributed by atoms with Crippen molar-refractivity contribution in [2.45, 2.75) is 46.6 Å². The summed E-state index contributed by atoms with van der Waals surface area (Å²) in [5.74, 6) is -0.121. The van der Waals surface area contributed by atoms with Crippen LogP contribution in [0.25, 0.3) is 0 Å². The van der Waals surface area contributed by atoms with Gasteiger partial charge >= 0.3 is 5.97 Å². The van der Waals surface area contributed by atoms with E-state index < -0.39 is 0 Å². The molecule has 0 saturated carbocycles. The number of hydrogen-bond acceptors (Lipinski definition) is 2. The van der Waals surface area contributed by atoms with Gasteiger partial charge in [-0.1, -0.05) is 24.1 Å². The molecule has 0 N–H and O–H groups in total. The van der Waals surface area contributed by atoms with Crippen molar-refractivity contribution >= 4 is 17.6 Å². The van der Waals surface area contributed by atoms with Crippen LogP contribution in [0.15, 0.2) is 10.6 Å². The first-order valence-corrected chi connectivity index (χ1v) is 5.32. The van der Waals surface area contributed by atoms with E-state index in [4.69, 9.17) is 16.3 Å². The van der Waals surface area contributed by atoms with Gasteiger partial charge in [0.2, 0.25) is 0 Å². The molecule has 0 aliphatic carbocycles. The Morgan fingerprint density at radius 3 is 2.57 bits per heavy atom. The molecular weight excluding hydrogens is 200 g/mol. The Morgan fingerprint density at radius 2 is 2.21 bits per heavy atom. The first-order valence-electron chi connectivity index (χ1n) is 4.94. The van der Waals surface area contributed by atoms with Crippen LogP contribution in [-0.2, 0) is 9.53 Å². The van der Waals surface area contributed by atoms with Crippen molar-refractivity contribution in [3.8, 4) is 0 Å². The Bertz CT molecular complexity index is 279. The first kappa shape index (κ1) is 11.6. The second kappa shape index (κ2) is 3.93. The van der Waals surface area contributed by atoms with Crippen LogP contribution in [0.4, 0.5) is 0 Å². The molecule has 0 radical (unpaired) electrons. The van der Waals surface area contributed by atoms with Crippen LogP contribution >= 0.6 is 11.6 Å². The van der Waals surface area contributed by atoms with Crippen molar-refractivity contribution < 1.29 is 9.53 Å². The number of hydrogen-bond donors (Lipinski definition) is 0. The number of ether oxygens (including phenoxy) is 1. The van der Waals surface area contributed by atoms with E-state index >= 15 is 0 Å². The van der Waals surface area contributed by atoms with Crippen LogP contribution in [0.2, 0.25) is 0 Å². The third-order valence-corrected chi connectivity index (χ3v) is 3.54. The van der Waals surface area contributed by atoms with Crippen molar-refractivity contribution in [1.29, 1.82) is 0 Å². The standard InChI is InChI=1S/C11H17ClO2/c1-5-11(4)6-8(14-10(11)13)9(12)7(2)3/h8H,5-6H2,1-4H3. The number of esters is 1. The summed E-state index contributed by atoms with van der Waals surface area (Å²) in [6.45, 7) is 7.79. The lowest BCUT2D eigenvalue weighted by Crippen LogP contribution is -2.20. The molecule has 2 unspecified atom stereocenters. The first-order chi connectivity index (χ1) is 6.40. The summed E-state index contributed by atoms with van der Waals surface area (Å²) in [4.78, 5) is 11.6. The smallest absolute Gasteiger partial charge is 0.312 e. The average Bonchev–Trinajstić information content (AvgIpc) is 2.43. The Hall–Kier alpha value is -0.500. The summed E-state index contributed by atoms with van der Waals surface area (Å²) in [6, 6.07) is 0. The summed E-state index contributed by atoms with van der Waals surface area (Å²) >= 11 is 6.07. The van der Waals surface area contributed by atoms with Gasteiger partial charge < -0.3 is 4.74 Å². The summed E-state index contributed by atoms with van der Waals surface area (Å²) in [5, 5.41) is 0.676. The van der Waals surface area contributed by atoms with E-state index in [0.29, 0.717) is 11.5 Å². The lowest BCUT2D eigenvalue weighted by Gasteiger charge is -2.15. The predicted octanol–water partition coefficient (Wildman–Crippen LogP) is 3.25. The van der Waals surface area contributed by atoms with Crippen molar-refractivity contribution in [2.24, 2.45) is 5.41 Å². The molecule has 1 fully saturated rings. The van der Waals surface area contributed by atoms with Crippen LogP contribution in [0.1, 0.15) is 40.5 Å². The molecule has 80 valence electrons. The maximum atomic E-state index is 11.6. The number of allylic oxidation sites excluding steroid dienone is 1. The van der Waals surface area contributed by atoms with Crippen LogP contribution in [0.3, 0.4) is 0 Å². The second-order valence-electron chi connectivity index (χ2n) is 4.36. The average molecular weight is 217 g/mol. The Kier molecular flexibility index (Phi) is 3.25. The molecule has 2 nitrogen and oxygen atoms in total. The fourth-order valence-electron chi connectivity index (χ4n) is 1.56. The van der Waals surface area contributed by atoms with Crippen LogP contribution in [0, 0.1) is 5.41 Å². The van der Waals surface area contributed by atoms with E-state index in [2.05, 4.69) is 0 Å². The highest BCUT2D eigenvalue weighted by atomic mass is 35.5. The highest BCUT2D eigenvalue weighted by Crippen LogP contribution is 2.40. The van der Waals surface area contributed by atoms with E-state index in [9.17, 15) is 4.79 Å². The zero-order chi connectivity index (χ0) is 10.9. The minimum atomic E-state index is -0.347. The van der Waals surface area contributed by atoms with E-state index in [1.54, 1.807) is 0 Å². The summed E-state index contributed by atoms with van der Waals surface area (Å²) in [7, 11) is 0. The molecule has 14 heavy (non-hydrogen) atoms. The van der Waals surface area contributed by atoms with Crippen molar-refractivity contribution in [2.75, 3.05) is 0 Å². The van der Waals surface area contributed by atoms with Gasteiger partial charge in [0.25, 0.3) is 0 Å². The van der Waals surface area contributed by atoms with Gasteiger partial charge in [0, 0.05) is 6.42 Å². The quantitative estimate of drug-likeness (QED) is 0.663. The van der Waals surface area contributed by atoms with Gasteiger partial charge in [0.05, 0.1) is 10.4 Å². The molecule has 2 atom stereocenters. The number of cyclic esters (lactones) is 1. The lowest BCUT2D eigenvalue weighted by atomic mass is 9.84. The van der Waals surface area contributed by atoms with E-state index in [1.807, 2.05) is 27.7 Å². The van der Waals surface area contributed by atoms with Gasteiger partial charge in [-0.05, 0) is 27.2 Å². The number of carbonyl (C=O) groups excluding carboxylic acids is 1. The number of carbonyl (C=O) groups is 1. The van der Waals surface area contributed by atoms with Crippen LogP contribution in [-0.4, -0.2) is 12.1 Å². The molecule has 1 rings (SSSR count). The molecule has 0 aromatic rings. The zero-order valence-electron chi connectivity index (χ0n) is 9.19. The fraction of sp³-hybridized carbons (Fsp3) is 0.727. The molecule has 0 amide bonds. The van der Waals surface area contributed by atoms with Gasteiger partial charge in [-0.3, -0.25) is 4.79 Å². The molecule has 0 spiro atoms. The maximum Gasteiger partial charge on any atom is 0.312 e. The minimum absolute atomic E-state index is 0.121. The third kappa shape index (κ3) is 1.95. The minimum Gasteiger partial charge on any atom is -0.456 e. The second-order valence-corrected chi connectivity index (χ2v) is 4.77. The van der Waals surface area contributed by atoms with Gasteiger partial charge in [-0.2, -0.15) is 0 Å². The van der Waals surface area contributed by atoms with Crippen LogP contribution < -0.4 is 0 Å². The summed E-state index contributed by atoms with van der Waals surface area (Å²) in [5.41, 5.74) is 0.671. The van der Waals surface area contributed by atoms with E-state index in [-0.39, 0.29) is 17.5 Å². The van der Waals surface area contributed by atoms with E-state index in [1.165, 1.54) is 0 Å². The molecule has 0 aromatic heterocycles. The maximum absolute atomic E-state index is 11.6. The monoisotopic (exact) mass is 216 g/mol. The highest BCUT2D eigenvalue weighted by molar-refractivity contribution is 6.30. The van der Waals surface area contributed by atoms with Crippen LogP contribution in [0.5, 0.6) is 0 Å². The molecular formula is C11H17ClO2. The number of halogens is 1. The largest absolute Gasteiger partial charge is 0.456 e. The van der Waals surface area contributed by atoms with Gasteiger partial charge in [-0.15, -0.1) is 0 Å². The van der Waals surface area contributed by atoms with Crippen molar-refractivity contribution in [1.82, 2.24) is 0 Å². The highest BCUT2D eigenvalue weighted by Gasteiger charge is 2.44. The van der Waals surface area contributed by atoms with E-state index in [0.717, 1.165) is 12.0 Å². The Morgan fingerprint density at radius 1 is 1.64 bits per heavy atom. The molecule has 3 heteroatoms. The fourth-order valence-corrected chi connectivity index (χ4v) is 1.68. The molecule has 1 aliphatic rings. The molecule has 1 aliphatic heterocycles. The van der Waals surface area contributed by atoms with Crippen molar-refractivity contribution in [3.05, 3.63) is 10.6 Å².